The second-order valence-corrected chi connectivity index (χ2v) is 7.95. The van der Waals surface area contributed by atoms with Crippen LogP contribution in [0, 0.1) is 0 Å². The van der Waals surface area contributed by atoms with E-state index in [-0.39, 0.29) is 4.90 Å². The fraction of sp³-hybridized carbons (Fsp3) is 0.333. The van der Waals surface area contributed by atoms with Crippen LogP contribution >= 0.6 is 0 Å². The van der Waals surface area contributed by atoms with Crippen LogP contribution in [0.2, 0.25) is 0 Å². The number of hydrogen-bond acceptors (Lipinski definition) is 4. The molecule has 0 spiro atoms. The van der Waals surface area contributed by atoms with Crippen LogP contribution in [0.5, 0.6) is 0 Å². The minimum absolute atomic E-state index is 0.00123. The average molecular weight is 263 g/mol. The molecule has 1 aromatic carbocycles. The summed E-state index contributed by atoms with van der Waals surface area (Å²) in [6.45, 7) is 1.15. The third-order valence-corrected chi connectivity index (χ3v) is 7.00. The second kappa shape index (κ2) is 4.52. The van der Waals surface area contributed by atoms with Crippen LogP contribution in [0.3, 0.4) is 0 Å². The van der Waals surface area contributed by atoms with Gasteiger partial charge < -0.3 is 0 Å². The van der Waals surface area contributed by atoms with Crippen molar-refractivity contribution in [2.45, 2.75) is 16.4 Å². The van der Waals surface area contributed by atoms with Crippen LogP contribution in [-0.2, 0) is 19.9 Å². The summed E-state index contributed by atoms with van der Waals surface area (Å²) in [7, 11) is -6.51. The van der Waals surface area contributed by atoms with Crippen LogP contribution in [0.1, 0.15) is 6.92 Å². The summed E-state index contributed by atoms with van der Waals surface area (Å²) in [6.07, 6.45) is 0. The van der Waals surface area contributed by atoms with Gasteiger partial charge in [-0.2, -0.15) is 0 Å². The molecule has 90 valence electrons. The molecule has 0 bridgehead atoms. The molecule has 0 aliphatic heterocycles. The molecule has 0 amide bonds. The summed E-state index contributed by atoms with van der Waals surface area (Å²) in [5.74, 6) is 0. The molecule has 1 unspecified atom stereocenters. The number of sulfone groups is 1. The number of nitrogens with one attached hydrogen (secondary N) is 1. The Labute approximate surface area is 95.5 Å². The zero-order valence-electron chi connectivity index (χ0n) is 8.91. The molecule has 1 N–H and O–H groups in total. The van der Waals surface area contributed by atoms with Crippen molar-refractivity contribution in [1.82, 2.24) is 4.72 Å². The molecule has 0 aliphatic carbocycles. The zero-order valence-corrected chi connectivity index (χ0v) is 10.5. The van der Waals surface area contributed by atoms with E-state index in [1.165, 1.54) is 19.2 Å². The summed E-state index contributed by atoms with van der Waals surface area (Å²) in [5.41, 5.74) is 0. The van der Waals surface area contributed by atoms with Crippen molar-refractivity contribution in [2.75, 3.05) is 7.05 Å². The minimum atomic E-state index is -3.86. The lowest BCUT2D eigenvalue weighted by molar-refractivity contribution is 0.573. The van der Waals surface area contributed by atoms with Gasteiger partial charge in [-0.15, -0.1) is 0 Å². The molecule has 16 heavy (non-hydrogen) atoms. The Hall–Kier alpha value is -0.920. The fourth-order valence-electron chi connectivity index (χ4n) is 1.13. The third kappa shape index (κ3) is 2.42. The first-order valence-corrected chi connectivity index (χ1v) is 7.63. The fourth-order valence-corrected chi connectivity index (χ4v) is 4.34. The second-order valence-electron chi connectivity index (χ2n) is 3.17. The van der Waals surface area contributed by atoms with E-state index in [1.807, 2.05) is 4.72 Å². The summed E-state index contributed by atoms with van der Waals surface area (Å²) in [4.78, 5) is 0.00123. The van der Waals surface area contributed by atoms with Crippen molar-refractivity contribution in [1.29, 1.82) is 0 Å². The molecule has 0 aliphatic rings. The summed E-state index contributed by atoms with van der Waals surface area (Å²) in [5, 5.41) is 0. The Morgan fingerprint density at radius 1 is 1.06 bits per heavy atom. The Bertz CT molecular complexity index is 548. The topological polar surface area (TPSA) is 80.3 Å². The number of hydrogen-bond donors (Lipinski definition) is 1. The molecule has 5 nitrogen and oxygen atoms in total. The number of benzene rings is 1. The van der Waals surface area contributed by atoms with Gasteiger partial charge in [-0.25, -0.2) is 21.6 Å². The highest BCUT2D eigenvalue weighted by atomic mass is 32.3. The lowest BCUT2D eigenvalue weighted by Crippen LogP contribution is -2.35. The molecular weight excluding hydrogens is 250 g/mol. The van der Waals surface area contributed by atoms with E-state index in [1.54, 1.807) is 18.2 Å². The minimum Gasteiger partial charge on any atom is -0.222 e. The van der Waals surface area contributed by atoms with Crippen LogP contribution in [0.25, 0.3) is 0 Å². The SMILES string of the molecule is CNS(=O)(=O)C(C)S(=O)(=O)c1ccccc1. The van der Waals surface area contributed by atoms with Gasteiger partial charge >= 0.3 is 0 Å². The molecule has 0 aromatic heterocycles. The van der Waals surface area contributed by atoms with Gasteiger partial charge in [0, 0.05) is 0 Å². The highest BCUT2D eigenvalue weighted by molar-refractivity contribution is 8.08. The molecule has 0 radical (unpaired) electrons. The Balaban J connectivity index is 3.25. The predicted molar refractivity (Wildman–Crippen MR) is 61.1 cm³/mol. The Morgan fingerprint density at radius 3 is 2.00 bits per heavy atom. The van der Waals surface area contributed by atoms with Gasteiger partial charge in [0.05, 0.1) is 4.90 Å². The quantitative estimate of drug-likeness (QED) is 0.850. The first kappa shape index (κ1) is 13.1. The van der Waals surface area contributed by atoms with E-state index < -0.39 is 24.4 Å². The van der Waals surface area contributed by atoms with E-state index in [9.17, 15) is 16.8 Å². The van der Waals surface area contributed by atoms with Gasteiger partial charge in [-0.3, -0.25) is 0 Å². The molecule has 0 fully saturated rings. The monoisotopic (exact) mass is 263 g/mol. The first-order chi connectivity index (χ1) is 7.32. The van der Waals surface area contributed by atoms with Crippen LogP contribution in [-0.4, -0.2) is 28.5 Å². The van der Waals surface area contributed by atoms with Crippen molar-refractivity contribution >= 4 is 19.9 Å². The maximum absolute atomic E-state index is 11.9. The third-order valence-electron chi connectivity index (χ3n) is 2.23. The van der Waals surface area contributed by atoms with Crippen molar-refractivity contribution in [3.63, 3.8) is 0 Å². The number of sulfonamides is 1. The average Bonchev–Trinajstić information content (AvgIpc) is 2.29. The van der Waals surface area contributed by atoms with Gasteiger partial charge in [0.1, 0.15) is 0 Å². The smallest absolute Gasteiger partial charge is 0.222 e. The van der Waals surface area contributed by atoms with Crippen molar-refractivity contribution in [2.24, 2.45) is 0 Å². The zero-order chi connectivity index (χ0) is 12.4. The summed E-state index contributed by atoms with van der Waals surface area (Å²) in [6, 6.07) is 7.50. The van der Waals surface area contributed by atoms with Crippen molar-refractivity contribution in [3.8, 4) is 0 Å². The van der Waals surface area contributed by atoms with Gasteiger partial charge in [-0.1, -0.05) is 18.2 Å². The summed E-state index contributed by atoms with van der Waals surface area (Å²) >= 11 is 0. The van der Waals surface area contributed by atoms with E-state index in [0.717, 1.165) is 6.92 Å². The highest BCUT2D eigenvalue weighted by Crippen LogP contribution is 2.18. The molecular formula is C9H13NO4S2. The molecule has 0 saturated carbocycles. The predicted octanol–water partition coefficient (Wildman–Crippen LogP) is 0.355. The van der Waals surface area contributed by atoms with Gasteiger partial charge in [0.15, 0.2) is 14.4 Å². The maximum Gasteiger partial charge on any atom is 0.228 e. The molecule has 1 atom stereocenters. The Kier molecular flexibility index (Phi) is 3.72. The maximum atomic E-state index is 11.9. The highest BCUT2D eigenvalue weighted by Gasteiger charge is 2.33. The molecule has 1 rings (SSSR count). The van der Waals surface area contributed by atoms with E-state index in [0.29, 0.717) is 0 Å². The van der Waals surface area contributed by atoms with E-state index in [4.69, 9.17) is 0 Å². The van der Waals surface area contributed by atoms with Gasteiger partial charge in [0.2, 0.25) is 10.0 Å². The molecule has 1 aromatic rings. The lowest BCUT2D eigenvalue weighted by Gasteiger charge is -2.12. The van der Waals surface area contributed by atoms with Crippen LogP contribution < -0.4 is 4.72 Å². The van der Waals surface area contributed by atoms with Gasteiger partial charge in [-0.05, 0) is 26.1 Å². The Morgan fingerprint density at radius 2 is 1.56 bits per heavy atom. The van der Waals surface area contributed by atoms with Crippen molar-refractivity contribution in [3.05, 3.63) is 30.3 Å². The number of rotatable bonds is 4. The summed E-state index contributed by atoms with van der Waals surface area (Å²) < 4.78 is 47.2. The van der Waals surface area contributed by atoms with Crippen LogP contribution in [0.4, 0.5) is 0 Å². The molecule has 7 heteroatoms. The largest absolute Gasteiger partial charge is 0.228 e. The van der Waals surface area contributed by atoms with Gasteiger partial charge in [0.25, 0.3) is 0 Å². The van der Waals surface area contributed by atoms with Crippen molar-refractivity contribution < 1.29 is 16.8 Å². The standard InChI is InChI=1S/C9H13NO4S2/c1-8(16(13,14)10-2)15(11,12)9-6-4-3-5-7-9/h3-8,10H,1-2H3. The normalized spacial score (nSPS) is 14.6. The molecule has 0 saturated heterocycles. The molecule has 0 heterocycles. The van der Waals surface area contributed by atoms with E-state index in [2.05, 4.69) is 0 Å². The van der Waals surface area contributed by atoms with E-state index >= 15 is 0 Å². The lowest BCUT2D eigenvalue weighted by atomic mass is 10.4. The first-order valence-electron chi connectivity index (χ1n) is 4.53. The van der Waals surface area contributed by atoms with Crippen LogP contribution in [0.15, 0.2) is 35.2 Å².